The molecule has 5 rings (SSSR count). The van der Waals surface area contributed by atoms with Crippen LogP contribution >= 0.6 is 0 Å². The fraction of sp³-hybridized carbons (Fsp3) is 0.424. The van der Waals surface area contributed by atoms with Crippen molar-refractivity contribution in [3.63, 3.8) is 0 Å². The van der Waals surface area contributed by atoms with Crippen molar-refractivity contribution in [2.24, 2.45) is 11.8 Å². The van der Waals surface area contributed by atoms with Gasteiger partial charge in [-0.15, -0.1) is 0 Å². The number of fused-ring (bicyclic) bond motifs is 3. The molecule has 0 aromatic heterocycles. The lowest BCUT2D eigenvalue weighted by Gasteiger charge is -2.45. The van der Waals surface area contributed by atoms with Crippen LogP contribution < -0.4 is 9.47 Å². The molecule has 1 aliphatic carbocycles. The highest BCUT2D eigenvalue weighted by Gasteiger charge is 2.63. The third-order valence-electron chi connectivity index (χ3n) is 9.17. The highest BCUT2D eigenvalue weighted by atomic mass is 16.6. The average molecular weight is 671 g/mol. The minimum absolute atomic E-state index is 0.151. The lowest BCUT2D eigenvalue weighted by atomic mass is 9.69. The molecule has 2 aromatic rings. The van der Waals surface area contributed by atoms with Crippen LogP contribution in [0.1, 0.15) is 49.0 Å². The molecule has 15 heteroatoms. The van der Waals surface area contributed by atoms with Gasteiger partial charge in [0.05, 0.1) is 39.7 Å². The van der Waals surface area contributed by atoms with Crippen molar-refractivity contribution < 1.29 is 73.2 Å². The van der Waals surface area contributed by atoms with E-state index in [1.165, 1.54) is 38.1 Å². The van der Waals surface area contributed by atoms with Crippen LogP contribution in [0.2, 0.25) is 0 Å². The van der Waals surface area contributed by atoms with Crippen LogP contribution in [0, 0.1) is 11.8 Å². The predicted octanol–water partition coefficient (Wildman–Crippen LogP) is 1.74. The number of carbonyl (C=O) groups is 5. The summed E-state index contributed by atoms with van der Waals surface area (Å²) in [6.45, 7) is 2.96. The number of aromatic hydroxyl groups is 2. The molecule has 0 amide bonds. The number of benzene rings is 2. The third kappa shape index (κ3) is 4.83. The smallest absolute Gasteiger partial charge is 0.358 e. The minimum atomic E-state index is -2.42. The normalized spacial score (nSPS) is 25.7. The number of phenolic OH excluding ortho intramolecular Hbond substituents is 2. The number of methoxy groups -OCH3 is 3. The van der Waals surface area contributed by atoms with Gasteiger partial charge in [-0.1, -0.05) is 13.8 Å². The second-order valence-electron chi connectivity index (χ2n) is 12.1. The number of phenols is 2. The highest BCUT2D eigenvalue weighted by Crippen LogP contribution is 2.54. The fourth-order valence-electron chi connectivity index (χ4n) is 6.69. The van der Waals surface area contributed by atoms with Gasteiger partial charge in [-0.2, -0.15) is 0 Å². The number of aliphatic hydroxyl groups is 3. The molecule has 2 heterocycles. The van der Waals surface area contributed by atoms with Crippen LogP contribution in [0.3, 0.4) is 0 Å². The monoisotopic (exact) mass is 670 g/mol. The van der Waals surface area contributed by atoms with Crippen LogP contribution in [0.5, 0.6) is 23.0 Å². The molecule has 0 spiro atoms. The summed E-state index contributed by atoms with van der Waals surface area (Å²) in [6.07, 6.45) is -4.71. The molecule has 5 N–H and O–H groups in total. The van der Waals surface area contributed by atoms with Crippen molar-refractivity contribution in [2.75, 3.05) is 21.3 Å². The van der Waals surface area contributed by atoms with Gasteiger partial charge in [-0.25, -0.2) is 9.59 Å². The molecule has 0 saturated heterocycles. The second kappa shape index (κ2) is 12.1. The molecule has 0 unspecified atom stereocenters. The Bertz CT molecular complexity index is 1780. The van der Waals surface area contributed by atoms with E-state index in [1.807, 2.05) is 0 Å². The maximum absolute atomic E-state index is 13.6. The lowest BCUT2D eigenvalue weighted by molar-refractivity contribution is -0.176. The maximum Gasteiger partial charge on any atom is 0.358 e. The van der Waals surface area contributed by atoms with Gasteiger partial charge in [0, 0.05) is 17.5 Å². The molecule has 1 saturated carbocycles. The molecule has 1 fully saturated rings. The van der Waals surface area contributed by atoms with Gasteiger partial charge in [0.25, 0.3) is 5.60 Å². The Morgan fingerprint density at radius 1 is 0.875 bits per heavy atom. The maximum atomic E-state index is 13.6. The molecule has 6 atom stereocenters. The van der Waals surface area contributed by atoms with Crippen molar-refractivity contribution in [3.8, 4) is 34.1 Å². The van der Waals surface area contributed by atoms with E-state index in [0.717, 1.165) is 21.3 Å². The molecular weight excluding hydrogens is 636 g/mol. The highest BCUT2D eigenvalue weighted by molar-refractivity contribution is 6.13. The molecule has 0 radical (unpaired) electrons. The summed E-state index contributed by atoms with van der Waals surface area (Å²) in [4.78, 5) is 64.6. The Hall–Kier alpha value is -5.15. The second-order valence-corrected chi connectivity index (χ2v) is 12.1. The predicted molar refractivity (Wildman–Crippen MR) is 161 cm³/mol. The zero-order chi connectivity index (χ0) is 35.5. The lowest BCUT2D eigenvalue weighted by Crippen LogP contribution is -2.64. The summed E-state index contributed by atoms with van der Waals surface area (Å²) in [5.74, 6) is -9.10. The minimum Gasteiger partial charge on any atom is -0.506 e. The van der Waals surface area contributed by atoms with Crippen LogP contribution in [0.4, 0.5) is 0 Å². The van der Waals surface area contributed by atoms with E-state index in [0.29, 0.717) is 0 Å². The third-order valence-corrected chi connectivity index (χ3v) is 9.17. The number of aliphatic hydroxyl groups excluding tert-OH is 3. The molecule has 0 bridgehead atoms. The van der Waals surface area contributed by atoms with Gasteiger partial charge in [-0.3, -0.25) is 14.4 Å². The fourth-order valence-corrected chi connectivity index (χ4v) is 6.69. The van der Waals surface area contributed by atoms with Crippen molar-refractivity contribution in [1.29, 1.82) is 0 Å². The molecule has 2 aromatic carbocycles. The molecule has 48 heavy (non-hydrogen) atoms. The number of ketones is 2. The Morgan fingerprint density at radius 3 is 2.00 bits per heavy atom. The van der Waals surface area contributed by atoms with E-state index in [9.17, 15) is 49.5 Å². The summed E-state index contributed by atoms with van der Waals surface area (Å²) in [5, 5.41) is 56.3. The van der Waals surface area contributed by atoms with E-state index in [-0.39, 0.29) is 35.5 Å². The topological polar surface area (TPSA) is 233 Å². The SMILES string of the molecule is COC(=O)C[C@H](C)[C@@H](O)[C@]1(C(=O)OC)CC(=O)c2c(ccc(-c3ccc4c(c3O)C(O)=C3C(=O)C[C@H](C)[C@@H](O)[C@]3(C(=O)OC)O4)c2O)O1. The number of rotatable bonds is 7. The Morgan fingerprint density at radius 2 is 1.44 bits per heavy atom. The first-order chi connectivity index (χ1) is 22.6. The number of hydrogen-bond donors (Lipinski definition) is 5. The summed E-state index contributed by atoms with van der Waals surface area (Å²) in [6, 6.07) is 4.89. The van der Waals surface area contributed by atoms with Crippen molar-refractivity contribution in [3.05, 3.63) is 41.0 Å². The van der Waals surface area contributed by atoms with Gasteiger partial charge < -0.3 is 49.2 Å². The first-order valence-electron chi connectivity index (χ1n) is 14.8. The van der Waals surface area contributed by atoms with E-state index in [4.69, 9.17) is 18.9 Å². The largest absolute Gasteiger partial charge is 0.506 e. The number of hydrogen-bond acceptors (Lipinski definition) is 15. The number of esters is 3. The Labute approximate surface area is 273 Å². The van der Waals surface area contributed by atoms with Crippen LogP contribution in [0.25, 0.3) is 16.9 Å². The van der Waals surface area contributed by atoms with Gasteiger partial charge >= 0.3 is 17.9 Å². The van der Waals surface area contributed by atoms with Gasteiger partial charge in [0.15, 0.2) is 11.6 Å². The van der Waals surface area contributed by atoms with E-state index in [2.05, 4.69) is 4.74 Å². The van der Waals surface area contributed by atoms with Crippen molar-refractivity contribution in [2.45, 2.75) is 56.5 Å². The van der Waals surface area contributed by atoms with Crippen molar-refractivity contribution in [1.82, 2.24) is 0 Å². The van der Waals surface area contributed by atoms with Crippen LogP contribution in [-0.4, -0.2) is 99.7 Å². The van der Waals surface area contributed by atoms with Gasteiger partial charge in [0.2, 0.25) is 5.60 Å². The molecule has 2 aliphatic heterocycles. The van der Waals surface area contributed by atoms with E-state index in [1.54, 1.807) is 0 Å². The summed E-state index contributed by atoms with van der Waals surface area (Å²) >= 11 is 0. The quantitative estimate of drug-likeness (QED) is 0.209. The van der Waals surface area contributed by atoms with Gasteiger partial charge in [-0.05, 0) is 36.1 Å². The van der Waals surface area contributed by atoms with Crippen molar-refractivity contribution >= 4 is 35.2 Å². The first-order valence-corrected chi connectivity index (χ1v) is 14.8. The number of carbonyl (C=O) groups excluding carboxylic acids is 5. The molecule has 256 valence electrons. The first kappa shape index (κ1) is 34.2. The molecule has 15 nitrogen and oxygen atoms in total. The summed E-state index contributed by atoms with van der Waals surface area (Å²) in [5.41, 5.74) is -6.46. The molecular formula is C33H34O15. The van der Waals surface area contributed by atoms with Crippen LogP contribution in [0.15, 0.2) is 29.8 Å². The number of ether oxygens (including phenoxy) is 5. The average Bonchev–Trinajstić information content (AvgIpc) is 3.05. The van der Waals surface area contributed by atoms with E-state index < -0.39 is 105 Å². The Kier molecular flexibility index (Phi) is 8.65. The number of Topliss-reactive ketones (excluding diaryl/α,β-unsaturated/α-hetero) is 2. The van der Waals surface area contributed by atoms with Crippen LogP contribution in [-0.2, 0) is 33.4 Å². The molecule has 3 aliphatic rings. The summed E-state index contributed by atoms with van der Waals surface area (Å²) in [7, 11) is 3.19. The van der Waals surface area contributed by atoms with E-state index >= 15 is 0 Å². The standard InChI is InChI=1S/C33H34O15/c1-13-10-17(34)24-27(39)23-20(48-33(24,29(13)41)31(43)46-5)9-7-16(26(23)38)15-6-8-19-22(25(15)37)18(35)12-32(47-19,30(42)45-4)28(40)14(2)11-21(36)44-3/h6-9,13-14,28-29,37-41H,10-12H2,1-5H3/t13-,14-,28+,29+,32-,33+/m0/s1. The zero-order valence-corrected chi connectivity index (χ0v) is 26.6. The zero-order valence-electron chi connectivity index (χ0n) is 26.6. The van der Waals surface area contributed by atoms with Gasteiger partial charge in [0.1, 0.15) is 52.1 Å². The Balaban J connectivity index is 1.61. The summed E-state index contributed by atoms with van der Waals surface area (Å²) < 4.78 is 26.1.